The van der Waals surface area contributed by atoms with E-state index in [0.29, 0.717) is 6.04 Å². The van der Waals surface area contributed by atoms with Gasteiger partial charge in [-0.15, -0.1) is 0 Å². The number of piperidine rings is 1. The smallest absolute Gasteiger partial charge is 0.00103 e. The Bertz CT molecular complexity index is 158. The van der Waals surface area contributed by atoms with Crippen LogP contribution in [0.3, 0.4) is 0 Å². The van der Waals surface area contributed by atoms with Crippen LogP contribution in [-0.4, -0.2) is 37.1 Å². The summed E-state index contributed by atoms with van der Waals surface area (Å²) >= 11 is 0. The number of hydrogen-bond donors (Lipinski definition) is 1. The Balaban J connectivity index is 2.10. The van der Waals surface area contributed by atoms with E-state index in [1.807, 2.05) is 0 Å². The predicted molar refractivity (Wildman–Crippen MR) is 67.1 cm³/mol. The van der Waals surface area contributed by atoms with E-state index < -0.39 is 0 Å². The molecule has 1 rings (SSSR count). The second-order valence-electron chi connectivity index (χ2n) is 5.67. The molecule has 0 aromatic carbocycles. The first-order valence-electron chi connectivity index (χ1n) is 6.53. The molecule has 2 unspecified atom stereocenters. The summed E-state index contributed by atoms with van der Waals surface area (Å²) in [4.78, 5) is 2.64. The summed E-state index contributed by atoms with van der Waals surface area (Å²) in [5.74, 6) is 1.79. The van der Waals surface area contributed by atoms with Gasteiger partial charge in [0.25, 0.3) is 0 Å². The summed E-state index contributed by atoms with van der Waals surface area (Å²) in [7, 11) is 0. The zero-order valence-electron chi connectivity index (χ0n) is 10.9. The van der Waals surface area contributed by atoms with Crippen molar-refractivity contribution >= 4 is 0 Å². The van der Waals surface area contributed by atoms with Gasteiger partial charge in [-0.25, -0.2) is 0 Å². The van der Waals surface area contributed by atoms with E-state index >= 15 is 0 Å². The molecule has 0 aromatic rings. The fourth-order valence-corrected chi connectivity index (χ4v) is 2.67. The average molecular weight is 212 g/mol. The van der Waals surface area contributed by atoms with Gasteiger partial charge in [-0.3, -0.25) is 0 Å². The standard InChI is InChI=1S/C13H28N2/c1-11(2)14-6-5-7-15-9-12(3)8-13(4)10-15/h11-14H,5-10H2,1-4H3. The van der Waals surface area contributed by atoms with Crippen molar-refractivity contribution in [2.24, 2.45) is 11.8 Å². The molecule has 0 aromatic heterocycles. The Kier molecular flexibility index (Phi) is 5.62. The van der Waals surface area contributed by atoms with Crippen LogP contribution in [0.2, 0.25) is 0 Å². The van der Waals surface area contributed by atoms with E-state index in [1.165, 1.54) is 32.5 Å². The van der Waals surface area contributed by atoms with Crippen LogP contribution in [-0.2, 0) is 0 Å². The van der Waals surface area contributed by atoms with E-state index in [4.69, 9.17) is 0 Å². The van der Waals surface area contributed by atoms with Gasteiger partial charge in [-0.05, 0) is 37.8 Å². The minimum atomic E-state index is 0.629. The van der Waals surface area contributed by atoms with Gasteiger partial charge in [0.15, 0.2) is 0 Å². The van der Waals surface area contributed by atoms with Crippen molar-refractivity contribution in [1.29, 1.82) is 0 Å². The molecule has 1 saturated heterocycles. The zero-order chi connectivity index (χ0) is 11.3. The Labute approximate surface area is 95.4 Å². The monoisotopic (exact) mass is 212 g/mol. The number of nitrogens with one attached hydrogen (secondary N) is 1. The van der Waals surface area contributed by atoms with Gasteiger partial charge < -0.3 is 10.2 Å². The van der Waals surface area contributed by atoms with Crippen LogP contribution in [0.1, 0.15) is 40.5 Å². The fraction of sp³-hybridized carbons (Fsp3) is 1.00. The first-order chi connectivity index (χ1) is 7.08. The van der Waals surface area contributed by atoms with Crippen molar-refractivity contribution < 1.29 is 0 Å². The second kappa shape index (κ2) is 6.49. The fourth-order valence-electron chi connectivity index (χ4n) is 2.67. The lowest BCUT2D eigenvalue weighted by molar-refractivity contribution is 0.139. The van der Waals surface area contributed by atoms with Gasteiger partial charge in [0.2, 0.25) is 0 Å². The molecule has 1 N–H and O–H groups in total. The van der Waals surface area contributed by atoms with Crippen molar-refractivity contribution in [2.75, 3.05) is 26.2 Å². The van der Waals surface area contributed by atoms with E-state index in [0.717, 1.165) is 18.4 Å². The third-order valence-electron chi connectivity index (χ3n) is 3.15. The van der Waals surface area contributed by atoms with Crippen LogP contribution in [0.4, 0.5) is 0 Å². The van der Waals surface area contributed by atoms with Gasteiger partial charge >= 0.3 is 0 Å². The van der Waals surface area contributed by atoms with E-state index in [2.05, 4.69) is 37.9 Å². The summed E-state index contributed by atoms with van der Waals surface area (Å²) in [6.07, 6.45) is 2.71. The summed E-state index contributed by atoms with van der Waals surface area (Å²) in [6.45, 7) is 14.3. The third-order valence-corrected chi connectivity index (χ3v) is 3.15. The van der Waals surface area contributed by atoms with Gasteiger partial charge in [0.1, 0.15) is 0 Å². The summed E-state index contributed by atoms with van der Waals surface area (Å²) < 4.78 is 0. The molecule has 0 saturated carbocycles. The number of likely N-dealkylation sites (tertiary alicyclic amines) is 1. The van der Waals surface area contributed by atoms with Crippen LogP contribution >= 0.6 is 0 Å². The van der Waals surface area contributed by atoms with E-state index in [-0.39, 0.29) is 0 Å². The Hall–Kier alpha value is -0.0800. The molecule has 15 heavy (non-hydrogen) atoms. The lowest BCUT2D eigenvalue weighted by Crippen LogP contribution is -2.40. The molecule has 0 spiro atoms. The Morgan fingerprint density at radius 2 is 1.80 bits per heavy atom. The van der Waals surface area contributed by atoms with Crippen LogP contribution in [0.25, 0.3) is 0 Å². The number of nitrogens with zero attached hydrogens (tertiary/aromatic N) is 1. The third kappa shape index (κ3) is 5.53. The molecule has 2 heteroatoms. The summed E-state index contributed by atoms with van der Waals surface area (Å²) in [5, 5.41) is 3.48. The van der Waals surface area contributed by atoms with Crippen molar-refractivity contribution in [3.8, 4) is 0 Å². The highest BCUT2D eigenvalue weighted by Gasteiger charge is 2.20. The Morgan fingerprint density at radius 1 is 1.20 bits per heavy atom. The molecule has 0 bridgehead atoms. The molecular weight excluding hydrogens is 184 g/mol. The molecule has 2 atom stereocenters. The molecule has 0 aliphatic carbocycles. The van der Waals surface area contributed by atoms with Crippen LogP contribution in [0, 0.1) is 11.8 Å². The maximum atomic E-state index is 3.48. The predicted octanol–water partition coefficient (Wildman–Crippen LogP) is 2.35. The van der Waals surface area contributed by atoms with Gasteiger partial charge in [-0.2, -0.15) is 0 Å². The second-order valence-corrected chi connectivity index (χ2v) is 5.67. The molecular formula is C13H28N2. The normalized spacial score (nSPS) is 28.6. The summed E-state index contributed by atoms with van der Waals surface area (Å²) in [5.41, 5.74) is 0. The van der Waals surface area contributed by atoms with Gasteiger partial charge in [0, 0.05) is 19.1 Å². The average Bonchev–Trinajstić information content (AvgIpc) is 2.10. The lowest BCUT2D eigenvalue weighted by Gasteiger charge is -2.35. The highest BCUT2D eigenvalue weighted by molar-refractivity contribution is 4.74. The molecule has 1 aliphatic heterocycles. The minimum Gasteiger partial charge on any atom is -0.314 e. The maximum absolute atomic E-state index is 3.48. The zero-order valence-corrected chi connectivity index (χ0v) is 10.9. The van der Waals surface area contributed by atoms with Crippen LogP contribution in [0.5, 0.6) is 0 Å². The van der Waals surface area contributed by atoms with Crippen molar-refractivity contribution in [3.05, 3.63) is 0 Å². The Morgan fingerprint density at radius 3 is 2.33 bits per heavy atom. The topological polar surface area (TPSA) is 15.3 Å². The molecule has 0 amide bonds. The molecule has 1 fully saturated rings. The molecule has 1 heterocycles. The maximum Gasteiger partial charge on any atom is 0.00103 e. The van der Waals surface area contributed by atoms with Gasteiger partial charge in [0.05, 0.1) is 0 Å². The quantitative estimate of drug-likeness (QED) is 0.704. The number of rotatable bonds is 5. The molecule has 2 nitrogen and oxygen atoms in total. The molecule has 0 radical (unpaired) electrons. The van der Waals surface area contributed by atoms with Crippen molar-refractivity contribution in [3.63, 3.8) is 0 Å². The van der Waals surface area contributed by atoms with E-state index in [1.54, 1.807) is 0 Å². The van der Waals surface area contributed by atoms with Crippen molar-refractivity contribution in [1.82, 2.24) is 10.2 Å². The van der Waals surface area contributed by atoms with Gasteiger partial charge in [-0.1, -0.05) is 27.7 Å². The van der Waals surface area contributed by atoms with Crippen LogP contribution in [0.15, 0.2) is 0 Å². The first-order valence-corrected chi connectivity index (χ1v) is 6.53. The van der Waals surface area contributed by atoms with E-state index in [9.17, 15) is 0 Å². The largest absolute Gasteiger partial charge is 0.314 e. The van der Waals surface area contributed by atoms with Crippen molar-refractivity contribution in [2.45, 2.75) is 46.6 Å². The minimum absolute atomic E-state index is 0.629. The summed E-state index contributed by atoms with van der Waals surface area (Å²) in [6, 6.07) is 0.629. The molecule has 1 aliphatic rings. The SMILES string of the molecule is CC1CC(C)CN(CCCNC(C)C)C1. The van der Waals surface area contributed by atoms with Crippen LogP contribution < -0.4 is 5.32 Å². The highest BCUT2D eigenvalue weighted by atomic mass is 15.1. The number of hydrogen-bond acceptors (Lipinski definition) is 2. The lowest BCUT2D eigenvalue weighted by atomic mass is 9.92. The highest BCUT2D eigenvalue weighted by Crippen LogP contribution is 2.20. The molecule has 90 valence electrons. The first kappa shape index (κ1) is 13.0.